The minimum absolute atomic E-state index is 0.0484. The van der Waals surface area contributed by atoms with Crippen molar-refractivity contribution in [1.29, 1.82) is 0 Å². The van der Waals surface area contributed by atoms with Crippen LogP contribution in [0, 0.1) is 0 Å². The molecule has 0 aromatic heterocycles. The van der Waals surface area contributed by atoms with Crippen LogP contribution >= 0.6 is 11.6 Å². The number of hydrogen-bond acceptors (Lipinski definition) is 2. The summed E-state index contributed by atoms with van der Waals surface area (Å²) in [5, 5.41) is -0.509. The van der Waals surface area contributed by atoms with Gasteiger partial charge in [0.05, 0.1) is 0 Å². The highest BCUT2D eigenvalue weighted by Gasteiger charge is 2.11. The van der Waals surface area contributed by atoms with Crippen LogP contribution in [-0.4, -0.2) is 16.0 Å². The summed E-state index contributed by atoms with van der Waals surface area (Å²) in [7, 11) is 0. The van der Waals surface area contributed by atoms with E-state index in [2.05, 4.69) is 73.8 Å². The Bertz CT molecular complexity index is 1160. The molecule has 0 atom stereocenters. The first-order chi connectivity index (χ1) is 19.0. The second kappa shape index (κ2) is 18.9. The minimum atomic E-state index is -0.509. The summed E-state index contributed by atoms with van der Waals surface area (Å²) in [4.78, 5) is 23.2. The van der Waals surface area contributed by atoms with E-state index in [1.807, 2.05) is 60.7 Å². The van der Waals surface area contributed by atoms with Gasteiger partial charge >= 0.3 is 0 Å². The van der Waals surface area contributed by atoms with Crippen LogP contribution in [0.4, 0.5) is 0 Å². The summed E-state index contributed by atoms with van der Waals surface area (Å²) in [5.41, 5.74) is 5.11. The van der Waals surface area contributed by atoms with Crippen molar-refractivity contribution >= 4 is 22.8 Å². The lowest BCUT2D eigenvalue weighted by molar-refractivity contribution is -0.127. The molecule has 4 heteroatoms. The van der Waals surface area contributed by atoms with Crippen molar-refractivity contribution in [3.8, 4) is 0 Å². The van der Waals surface area contributed by atoms with Crippen LogP contribution in [0.15, 0.2) is 147 Å². The molecule has 4 rings (SSSR count). The van der Waals surface area contributed by atoms with Crippen molar-refractivity contribution in [2.45, 2.75) is 32.4 Å². The van der Waals surface area contributed by atoms with Gasteiger partial charge in [0.25, 0.3) is 0 Å². The van der Waals surface area contributed by atoms with Crippen molar-refractivity contribution in [3.05, 3.63) is 169 Å². The zero-order chi connectivity index (χ0) is 28.1. The molecule has 0 radical (unpaired) electrons. The molecule has 1 amide bonds. The summed E-state index contributed by atoms with van der Waals surface area (Å²) in [5.74, 6) is -0.0484. The van der Waals surface area contributed by atoms with E-state index in [9.17, 15) is 9.59 Å². The lowest BCUT2D eigenvalue weighted by Gasteiger charge is -2.21. The Hall–Kier alpha value is -4.21. The largest absolute Gasteiger partial charge is 0.331 e. The fraction of sp³-hybridized carbons (Fsp3) is 0.143. The van der Waals surface area contributed by atoms with E-state index >= 15 is 0 Å². The Morgan fingerprint density at radius 3 is 1.15 bits per heavy atom. The summed E-state index contributed by atoms with van der Waals surface area (Å²) in [6.45, 7) is 7.85. The molecule has 0 saturated heterocycles. The van der Waals surface area contributed by atoms with E-state index < -0.39 is 5.24 Å². The van der Waals surface area contributed by atoms with Crippen molar-refractivity contribution in [3.63, 3.8) is 0 Å². The Morgan fingerprint density at radius 1 is 0.564 bits per heavy atom. The average molecular weight is 538 g/mol. The van der Waals surface area contributed by atoms with Gasteiger partial charge in [-0.05, 0) is 65.3 Å². The second-order valence-corrected chi connectivity index (χ2v) is 9.08. The van der Waals surface area contributed by atoms with Gasteiger partial charge < -0.3 is 4.90 Å². The maximum atomic E-state index is 11.9. The fourth-order valence-corrected chi connectivity index (χ4v) is 3.73. The number of allylic oxidation sites excluding steroid dienone is 1. The summed E-state index contributed by atoms with van der Waals surface area (Å²) in [6, 6.07) is 41.3. The third-order valence-electron chi connectivity index (χ3n) is 5.70. The predicted octanol–water partition coefficient (Wildman–Crippen LogP) is 8.20. The van der Waals surface area contributed by atoms with Crippen molar-refractivity contribution in [2.24, 2.45) is 0 Å². The van der Waals surface area contributed by atoms with Gasteiger partial charge in [-0.25, -0.2) is 0 Å². The number of amides is 1. The highest BCUT2D eigenvalue weighted by atomic mass is 35.5. The third kappa shape index (κ3) is 13.8. The van der Waals surface area contributed by atoms with Gasteiger partial charge in [-0.2, -0.15) is 0 Å². The molecule has 0 fully saturated rings. The van der Waals surface area contributed by atoms with Crippen LogP contribution in [0.3, 0.4) is 0 Å². The van der Waals surface area contributed by atoms with Crippen LogP contribution in [0.1, 0.15) is 28.7 Å². The number of aryl methyl sites for hydroxylation is 2. The topological polar surface area (TPSA) is 37.4 Å². The molecule has 0 saturated carbocycles. The third-order valence-corrected chi connectivity index (χ3v) is 5.85. The molecule has 0 aliphatic rings. The van der Waals surface area contributed by atoms with E-state index in [0.717, 1.165) is 17.2 Å². The summed E-state index contributed by atoms with van der Waals surface area (Å²) in [6.07, 6.45) is 5.99. The average Bonchev–Trinajstić information content (AvgIpc) is 2.99. The van der Waals surface area contributed by atoms with E-state index in [1.165, 1.54) is 36.5 Å². The van der Waals surface area contributed by atoms with Gasteiger partial charge in [0.2, 0.25) is 11.1 Å². The number of rotatable bonds is 10. The number of hydrogen-bond donors (Lipinski definition) is 0. The Morgan fingerprint density at radius 2 is 0.872 bits per heavy atom. The Balaban J connectivity index is 0.000000238. The lowest BCUT2D eigenvalue weighted by Crippen LogP contribution is -2.28. The van der Waals surface area contributed by atoms with Crippen LogP contribution in [-0.2, 0) is 35.5 Å². The Kier molecular flexibility index (Phi) is 15.1. The van der Waals surface area contributed by atoms with Crippen LogP contribution in [0.5, 0.6) is 0 Å². The number of halogens is 1. The molecule has 3 nitrogen and oxygen atoms in total. The molecule has 0 unspecified atom stereocenters. The van der Waals surface area contributed by atoms with Crippen molar-refractivity contribution < 1.29 is 9.59 Å². The quantitative estimate of drug-likeness (QED) is 0.151. The van der Waals surface area contributed by atoms with E-state index in [0.29, 0.717) is 13.1 Å². The first-order valence-electron chi connectivity index (χ1n) is 12.9. The molecular weight excluding hydrogens is 502 g/mol. The highest BCUT2D eigenvalue weighted by molar-refractivity contribution is 6.66. The highest BCUT2D eigenvalue weighted by Crippen LogP contribution is 2.11. The smallest absolute Gasteiger partial charge is 0.246 e. The molecule has 4 aromatic carbocycles. The van der Waals surface area contributed by atoms with Crippen molar-refractivity contribution in [1.82, 2.24) is 4.90 Å². The first-order valence-corrected chi connectivity index (χ1v) is 13.3. The van der Waals surface area contributed by atoms with Crippen molar-refractivity contribution in [2.75, 3.05) is 0 Å². The van der Waals surface area contributed by atoms with Gasteiger partial charge in [0.1, 0.15) is 0 Å². The molecule has 0 N–H and O–H groups in total. The van der Waals surface area contributed by atoms with E-state index in [1.54, 1.807) is 4.90 Å². The number of nitrogens with zero attached hydrogens (tertiary/aromatic N) is 1. The van der Waals surface area contributed by atoms with E-state index in [4.69, 9.17) is 11.6 Å². The second-order valence-electron chi connectivity index (χ2n) is 8.70. The normalized spacial score (nSPS) is 9.56. The minimum Gasteiger partial charge on any atom is -0.331 e. The van der Waals surface area contributed by atoms with Crippen LogP contribution in [0.2, 0.25) is 0 Å². The lowest BCUT2D eigenvalue weighted by atomic mass is 10.0. The molecule has 4 aromatic rings. The van der Waals surface area contributed by atoms with Gasteiger partial charge in [-0.15, -0.1) is 0 Å². The Labute approximate surface area is 238 Å². The molecule has 0 spiro atoms. The van der Waals surface area contributed by atoms with Crippen LogP contribution in [0.25, 0.3) is 0 Å². The summed E-state index contributed by atoms with van der Waals surface area (Å²) < 4.78 is 0. The molecule has 0 aliphatic heterocycles. The van der Waals surface area contributed by atoms with E-state index in [-0.39, 0.29) is 5.91 Å². The van der Waals surface area contributed by atoms with Crippen LogP contribution < -0.4 is 0 Å². The standard InChI is InChI=1S/C17H17NO.C15H16.C3H3ClO/c1-2-17(19)18(13-15-9-5-3-6-10-15)14-16-11-7-4-8-12-16;1-3-8-14(9-4-1)12-7-13-15-10-5-2-6-11-15;1-2-3(4)5/h2-12H,1,13-14H2;1-6,8-11H,7,12-13H2;2H,1H2. The zero-order valence-corrected chi connectivity index (χ0v) is 23.0. The predicted molar refractivity (Wildman–Crippen MR) is 163 cm³/mol. The monoisotopic (exact) mass is 537 g/mol. The van der Waals surface area contributed by atoms with Gasteiger partial charge in [-0.1, -0.05) is 134 Å². The first kappa shape index (κ1) is 31.0. The molecule has 39 heavy (non-hydrogen) atoms. The molecule has 200 valence electrons. The molecule has 0 aliphatic carbocycles. The maximum Gasteiger partial charge on any atom is 0.246 e. The fourth-order valence-electron chi connectivity index (χ4n) is 3.73. The zero-order valence-electron chi connectivity index (χ0n) is 22.3. The van der Waals surface area contributed by atoms with Gasteiger partial charge in [0.15, 0.2) is 0 Å². The van der Waals surface area contributed by atoms with Gasteiger partial charge in [-0.3, -0.25) is 9.59 Å². The van der Waals surface area contributed by atoms with Gasteiger partial charge in [0, 0.05) is 13.1 Å². The number of carbonyl (C=O) groups excluding carboxylic acids is 2. The maximum absolute atomic E-state index is 11.9. The summed E-state index contributed by atoms with van der Waals surface area (Å²) >= 11 is 4.71. The molecule has 0 heterocycles. The SMILES string of the molecule is C=CC(=O)Cl.C=CC(=O)N(Cc1ccccc1)Cc1ccccc1.c1ccc(CCCc2ccccc2)cc1. The molecule has 0 bridgehead atoms. The molecular formula is C35H36ClNO2. The number of carbonyl (C=O) groups is 2. The number of benzene rings is 4.